The van der Waals surface area contributed by atoms with Crippen LogP contribution in [-0.4, -0.2) is 28.1 Å². The Morgan fingerprint density at radius 2 is 1.32 bits per heavy atom. The van der Waals surface area contributed by atoms with Crippen LogP contribution in [0.15, 0.2) is 48.0 Å². The molecule has 0 fully saturated rings. The van der Waals surface area contributed by atoms with Gasteiger partial charge in [0, 0.05) is 0 Å². The van der Waals surface area contributed by atoms with Crippen LogP contribution < -0.4 is 0 Å². The lowest BCUT2D eigenvalue weighted by atomic mass is 10.0. The molecule has 2 rings (SSSR count). The van der Waals surface area contributed by atoms with Crippen molar-refractivity contribution in [3.8, 4) is 0 Å². The summed E-state index contributed by atoms with van der Waals surface area (Å²) >= 11 is 0. The number of hydrogen-bond acceptors (Lipinski definition) is 4. The number of aliphatic hydroxyl groups is 2. The monoisotopic (exact) mass is 282 g/mol. The summed E-state index contributed by atoms with van der Waals surface area (Å²) in [6.07, 6.45) is 9.44. The molecule has 2 atom stereocenters. The van der Waals surface area contributed by atoms with Crippen molar-refractivity contribution in [1.29, 1.82) is 0 Å². The van der Waals surface area contributed by atoms with Gasteiger partial charge in [0.15, 0.2) is 9.84 Å². The third-order valence-electron chi connectivity index (χ3n) is 3.87. The van der Waals surface area contributed by atoms with Gasteiger partial charge in [-0.2, -0.15) is 0 Å². The zero-order valence-electron chi connectivity index (χ0n) is 11.0. The molecule has 2 unspecified atom stereocenters. The largest absolute Gasteiger partial charge is 0.508 e. The fourth-order valence-corrected chi connectivity index (χ4v) is 4.51. The maximum absolute atomic E-state index is 12.9. The average Bonchev–Trinajstić information content (AvgIpc) is 2.36. The second kappa shape index (κ2) is 4.27. The van der Waals surface area contributed by atoms with Crippen molar-refractivity contribution >= 4 is 9.84 Å². The summed E-state index contributed by atoms with van der Waals surface area (Å²) in [4.78, 5) is 0. The standard InChI is InChI=1S/C14H18O4S/c1-13(7-3-11(15)4-8-13)19(17,18)14(2)9-5-12(16)6-10-14/h3-7,9,15-16H,8,10H2,1-2H3. The molecule has 104 valence electrons. The van der Waals surface area contributed by atoms with Crippen molar-refractivity contribution in [2.75, 3.05) is 0 Å². The van der Waals surface area contributed by atoms with Crippen LogP contribution in [0.3, 0.4) is 0 Å². The second-order valence-electron chi connectivity index (χ2n) is 5.46. The van der Waals surface area contributed by atoms with Crippen LogP contribution in [0, 0.1) is 0 Å². The summed E-state index contributed by atoms with van der Waals surface area (Å²) in [5.41, 5.74) is 0. The van der Waals surface area contributed by atoms with Gasteiger partial charge in [-0.3, -0.25) is 0 Å². The van der Waals surface area contributed by atoms with Crippen LogP contribution in [0.25, 0.3) is 0 Å². The van der Waals surface area contributed by atoms with E-state index in [0.29, 0.717) is 0 Å². The van der Waals surface area contributed by atoms with E-state index in [4.69, 9.17) is 0 Å². The number of rotatable bonds is 2. The van der Waals surface area contributed by atoms with Gasteiger partial charge in [-0.1, -0.05) is 12.2 Å². The molecular formula is C14H18O4S. The van der Waals surface area contributed by atoms with E-state index in [1.165, 1.54) is 36.5 Å². The van der Waals surface area contributed by atoms with Crippen molar-refractivity contribution in [2.45, 2.75) is 36.2 Å². The fraction of sp³-hybridized carbons (Fsp3) is 0.429. The van der Waals surface area contributed by atoms with Gasteiger partial charge in [0.2, 0.25) is 0 Å². The van der Waals surface area contributed by atoms with Crippen LogP contribution in [-0.2, 0) is 9.84 Å². The normalized spacial score (nSPS) is 34.8. The first-order valence-corrected chi connectivity index (χ1v) is 7.59. The third kappa shape index (κ3) is 2.12. The quantitative estimate of drug-likeness (QED) is 0.816. The number of sulfone groups is 1. The molecule has 0 radical (unpaired) electrons. The molecule has 0 bridgehead atoms. The summed E-state index contributed by atoms with van der Waals surface area (Å²) < 4.78 is 23.7. The first kappa shape index (κ1) is 13.9. The van der Waals surface area contributed by atoms with Gasteiger partial charge in [0.25, 0.3) is 0 Å². The highest BCUT2D eigenvalue weighted by molar-refractivity contribution is 7.94. The molecule has 19 heavy (non-hydrogen) atoms. The third-order valence-corrected chi connectivity index (χ3v) is 6.94. The summed E-state index contributed by atoms with van der Waals surface area (Å²) in [5.74, 6) is 0.184. The first-order chi connectivity index (χ1) is 8.70. The maximum Gasteiger partial charge on any atom is 0.168 e. The van der Waals surface area contributed by atoms with Crippen molar-refractivity contribution in [3.63, 3.8) is 0 Å². The molecule has 2 aliphatic rings. The molecule has 0 heterocycles. The molecule has 4 nitrogen and oxygen atoms in total. The summed E-state index contributed by atoms with van der Waals surface area (Å²) in [7, 11) is -3.52. The highest BCUT2D eigenvalue weighted by atomic mass is 32.2. The van der Waals surface area contributed by atoms with Crippen LogP contribution >= 0.6 is 0 Å². The van der Waals surface area contributed by atoms with Gasteiger partial charge in [-0.25, -0.2) is 8.42 Å². The SMILES string of the molecule is CC1(S(=O)(=O)C2(C)C=CC(O)=CC2)C=CC(O)=CC1. The molecule has 0 aliphatic heterocycles. The minimum absolute atomic E-state index is 0.0922. The van der Waals surface area contributed by atoms with Crippen LogP contribution in [0.5, 0.6) is 0 Å². The molecule has 0 aromatic rings. The Kier molecular flexibility index (Phi) is 3.13. The Bertz CT molecular complexity index is 561. The fourth-order valence-electron chi connectivity index (χ4n) is 2.34. The van der Waals surface area contributed by atoms with Gasteiger partial charge < -0.3 is 10.2 Å². The van der Waals surface area contributed by atoms with Gasteiger partial charge in [0.05, 0.1) is 9.49 Å². The highest BCUT2D eigenvalue weighted by Gasteiger charge is 2.49. The molecule has 0 aromatic carbocycles. The number of aliphatic hydroxyl groups excluding tert-OH is 2. The Morgan fingerprint density at radius 1 is 0.947 bits per heavy atom. The lowest BCUT2D eigenvalue weighted by molar-refractivity contribution is 0.419. The Labute approximate surface area is 113 Å². The number of hydrogen-bond donors (Lipinski definition) is 2. The molecule has 2 N–H and O–H groups in total. The van der Waals surface area contributed by atoms with E-state index in [-0.39, 0.29) is 24.4 Å². The van der Waals surface area contributed by atoms with E-state index in [0.717, 1.165) is 0 Å². The van der Waals surface area contributed by atoms with E-state index in [9.17, 15) is 18.6 Å². The van der Waals surface area contributed by atoms with Crippen molar-refractivity contribution in [3.05, 3.63) is 48.0 Å². The van der Waals surface area contributed by atoms with Gasteiger partial charge >= 0.3 is 0 Å². The molecule has 2 aliphatic carbocycles. The first-order valence-electron chi connectivity index (χ1n) is 6.11. The molecular weight excluding hydrogens is 264 g/mol. The predicted octanol–water partition coefficient (Wildman–Crippen LogP) is 2.72. The van der Waals surface area contributed by atoms with Crippen LogP contribution in [0.4, 0.5) is 0 Å². The van der Waals surface area contributed by atoms with E-state index >= 15 is 0 Å². The maximum atomic E-state index is 12.9. The summed E-state index contributed by atoms with van der Waals surface area (Å²) in [6.45, 7) is 3.30. The zero-order valence-corrected chi connectivity index (χ0v) is 11.8. The molecule has 0 spiro atoms. The Morgan fingerprint density at radius 3 is 1.58 bits per heavy atom. The molecule has 0 aromatic heterocycles. The summed E-state index contributed by atoms with van der Waals surface area (Å²) in [6, 6.07) is 0. The van der Waals surface area contributed by atoms with Gasteiger partial charge in [0.1, 0.15) is 11.5 Å². The van der Waals surface area contributed by atoms with Crippen LogP contribution in [0.2, 0.25) is 0 Å². The van der Waals surface area contributed by atoms with Gasteiger partial charge in [-0.05, 0) is 51.0 Å². The highest BCUT2D eigenvalue weighted by Crippen LogP contribution is 2.40. The molecule has 0 amide bonds. The Hall–Kier alpha value is -1.49. The lowest BCUT2D eigenvalue weighted by Gasteiger charge is -2.37. The van der Waals surface area contributed by atoms with Crippen LogP contribution in [0.1, 0.15) is 26.7 Å². The number of allylic oxidation sites excluding steroid dienone is 4. The predicted molar refractivity (Wildman–Crippen MR) is 74.7 cm³/mol. The smallest absolute Gasteiger partial charge is 0.168 e. The Balaban J connectivity index is 2.40. The second-order valence-corrected chi connectivity index (χ2v) is 8.33. The van der Waals surface area contributed by atoms with Gasteiger partial charge in [-0.15, -0.1) is 0 Å². The van der Waals surface area contributed by atoms with E-state index in [1.54, 1.807) is 13.8 Å². The molecule has 0 saturated heterocycles. The molecule has 0 saturated carbocycles. The van der Waals surface area contributed by atoms with Crippen molar-refractivity contribution < 1.29 is 18.6 Å². The van der Waals surface area contributed by atoms with E-state index < -0.39 is 19.3 Å². The minimum Gasteiger partial charge on any atom is -0.508 e. The topological polar surface area (TPSA) is 74.6 Å². The average molecular weight is 282 g/mol. The van der Waals surface area contributed by atoms with E-state index in [1.807, 2.05) is 0 Å². The zero-order chi connectivity index (χ0) is 14.3. The van der Waals surface area contributed by atoms with E-state index in [2.05, 4.69) is 0 Å². The summed E-state index contributed by atoms with van der Waals surface area (Å²) in [5, 5.41) is 18.7. The van der Waals surface area contributed by atoms with Crippen molar-refractivity contribution in [2.24, 2.45) is 0 Å². The van der Waals surface area contributed by atoms with Crippen molar-refractivity contribution in [1.82, 2.24) is 0 Å². The lowest BCUT2D eigenvalue weighted by Crippen LogP contribution is -2.47. The molecule has 5 heteroatoms. The minimum atomic E-state index is -3.52.